The Labute approximate surface area is 138 Å². The fourth-order valence-electron chi connectivity index (χ4n) is 3.05. The second-order valence-electron chi connectivity index (χ2n) is 5.70. The third kappa shape index (κ3) is 3.26. The molecule has 0 bridgehead atoms. The lowest BCUT2D eigenvalue weighted by Crippen LogP contribution is -2.49. The van der Waals surface area contributed by atoms with Gasteiger partial charge in [0.1, 0.15) is 9.77 Å². The van der Waals surface area contributed by atoms with Crippen molar-refractivity contribution in [1.82, 2.24) is 4.31 Å². The van der Waals surface area contributed by atoms with Crippen molar-refractivity contribution in [2.45, 2.75) is 37.5 Å². The average Bonchev–Trinajstić information content (AvgIpc) is 2.98. The molecule has 1 aromatic heterocycles. The summed E-state index contributed by atoms with van der Waals surface area (Å²) in [6, 6.07) is 1.26. The quantitative estimate of drug-likeness (QED) is 0.802. The lowest BCUT2D eigenvalue weighted by molar-refractivity contribution is -0.151. The van der Waals surface area contributed by atoms with Gasteiger partial charge in [-0.25, -0.2) is 13.2 Å². The molecule has 1 aliphatic heterocycles. The van der Waals surface area contributed by atoms with Crippen molar-refractivity contribution in [3.63, 3.8) is 0 Å². The molecule has 0 saturated carbocycles. The lowest BCUT2D eigenvalue weighted by atomic mass is 9.77. The largest absolute Gasteiger partial charge is 0.481 e. The number of hydrogen-bond acceptors (Lipinski definition) is 5. The Morgan fingerprint density at radius 3 is 2.65 bits per heavy atom. The third-order valence-electron chi connectivity index (χ3n) is 4.17. The van der Waals surface area contributed by atoms with Gasteiger partial charge in [0.15, 0.2) is 0 Å². The van der Waals surface area contributed by atoms with Crippen LogP contribution in [0, 0.1) is 5.41 Å². The predicted octanol–water partition coefficient (Wildman–Crippen LogP) is 2.10. The van der Waals surface area contributed by atoms with Gasteiger partial charge in [-0.3, -0.25) is 4.79 Å². The Morgan fingerprint density at radius 2 is 2.09 bits per heavy atom. The molecule has 1 atom stereocenters. The minimum atomic E-state index is -4.02. The molecule has 1 aliphatic rings. The van der Waals surface area contributed by atoms with E-state index in [2.05, 4.69) is 0 Å². The molecule has 9 heteroatoms. The number of aromatic carboxylic acids is 1. The summed E-state index contributed by atoms with van der Waals surface area (Å²) in [6.45, 7) is 1.95. The molecular formula is C14H19NO6S2. The van der Waals surface area contributed by atoms with Crippen molar-refractivity contribution >= 4 is 33.3 Å². The molecule has 128 valence electrons. The Kier molecular flexibility index (Phi) is 5.12. The van der Waals surface area contributed by atoms with Gasteiger partial charge in [-0.1, -0.05) is 13.3 Å². The molecule has 1 saturated heterocycles. The summed E-state index contributed by atoms with van der Waals surface area (Å²) in [5.74, 6) is -2.29. The zero-order chi connectivity index (χ0) is 17.3. The zero-order valence-electron chi connectivity index (χ0n) is 12.7. The lowest BCUT2D eigenvalue weighted by Gasteiger charge is -2.39. The number of piperidine rings is 1. The highest BCUT2D eigenvalue weighted by Gasteiger charge is 2.45. The fraction of sp³-hybridized carbons (Fsp3) is 0.571. The first kappa shape index (κ1) is 17.9. The fourth-order valence-corrected chi connectivity index (χ4v) is 5.85. The second-order valence-corrected chi connectivity index (χ2v) is 8.52. The van der Waals surface area contributed by atoms with Gasteiger partial charge in [0.2, 0.25) is 10.0 Å². The maximum absolute atomic E-state index is 12.8. The molecule has 0 aromatic carbocycles. The van der Waals surface area contributed by atoms with E-state index in [4.69, 9.17) is 5.11 Å². The van der Waals surface area contributed by atoms with Crippen LogP contribution in [0.4, 0.5) is 0 Å². The van der Waals surface area contributed by atoms with Crippen LogP contribution in [0.3, 0.4) is 0 Å². The zero-order valence-corrected chi connectivity index (χ0v) is 14.3. The number of thiophene rings is 1. The van der Waals surface area contributed by atoms with Gasteiger partial charge in [-0.2, -0.15) is 4.31 Å². The Morgan fingerprint density at radius 1 is 1.39 bits per heavy atom. The van der Waals surface area contributed by atoms with Crippen LogP contribution in [0.1, 0.15) is 42.3 Å². The summed E-state index contributed by atoms with van der Waals surface area (Å²) in [5.41, 5.74) is -1.10. The molecule has 2 rings (SSSR count). The van der Waals surface area contributed by atoms with Crippen molar-refractivity contribution in [2.75, 3.05) is 13.1 Å². The molecule has 0 radical (unpaired) electrons. The molecule has 1 fully saturated rings. The Hall–Kier alpha value is -1.45. The van der Waals surface area contributed by atoms with Crippen molar-refractivity contribution in [2.24, 2.45) is 5.41 Å². The summed E-state index contributed by atoms with van der Waals surface area (Å²) in [5, 5.41) is 20.1. The van der Waals surface area contributed by atoms with E-state index in [0.29, 0.717) is 25.7 Å². The third-order valence-corrected chi connectivity index (χ3v) is 7.08. The highest BCUT2D eigenvalue weighted by molar-refractivity contribution is 7.89. The van der Waals surface area contributed by atoms with Gasteiger partial charge in [0.25, 0.3) is 0 Å². The molecular weight excluding hydrogens is 342 g/mol. The normalized spacial score (nSPS) is 22.8. The van der Waals surface area contributed by atoms with Gasteiger partial charge in [-0.05, 0) is 30.7 Å². The van der Waals surface area contributed by atoms with Crippen LogP contribution in [-0.2, 0) is 14.8 Å². The molecule has 0 unspecified atom stereocenters. The van der Waals surface area contributed by atoms with Crippen LogP contribution in [0.2, 0.25) is 0 Å². The van der Waals surface area contributed by atoms with E-state index in [0.717, 1.165) is 15.6 Å². The predicted molar refractivity (Wildman–Crippen MR) is 84.2 cm³/mol. The molecule has 0 spiro atoms. The second kappa shape index (κ2) is 6.58. The van der Waals surface area contributed by atoms with Crippen LogP contribution in [0.15, 0.2) is 16.3 Å². The van der Waals surface area contributed by atoms with E-state index < -0.39 is 27.4 Å². The highest BCUT2D eigenvalue weighted by Crippen LogP contribution is 2.38. The maximum atomic E-state index is 12.8. The van der Waals surface area contributed by atoms with E-state index in [1.807, 2.05) is 6.92 Å². The van der Waals surface area contributed by atoms with Crippen LogP contribution in [0.5, 0.6) is 0 Å². The summed E-state index contributed by atoms with van der Waals surface area (Å²) in [6.07, 6.45) is 1.90. The van der Waals surface area contributed by atoms with Crippen molar-refractivity contribution < 1.29 is 28.2 Å². The first-order valence-corrected chi connectivity index (χ1v) is 9.61. The number of carboxylic acid groups (broad SMARTS) is 2. The molecule has 23 heavy (non-hydrogen) atoms. The Balaban J connectivity index is 2.38. The van der Waals surface area contributed by atoms with E-state index in [1.54, 1.807) is 0 Å². The maximum Gasteiger partial charge on any atom is 0.347 e. The van der Waals surface area contributed by atoms with E-state index in [9.17, 15) is 23.1 Å². The van der Waals surface area contributed by atoms with Gasteiger partial charge in [-0.15, -0.1) is 11.3 Å². The van der Waals surface area contributed by atoms with E-state index >= 15 is 0 Å². The summed E-state index contributed by atoms with van der Waals surface area (Å²) in [7, 11) is -4.02. The van der Waals surface area contributed by atoms with Gasteiger partial charge >= 0.3 is 11.9 Å². The summed E-state index contributed by atoms with van der Waals surface area (Å²) in [4.78, 5) is 22.4. The molecule has 2 N–H and O–H groups in total. The van der Waals surface area contributed by atoms with Gasteiger partial charge in [0, 0.05) is 13.1 Å². The van der Waals surface area contributed by atoms with Crippen molar-refractivity contribution in [3.05, 3.63) is 16.3 Å². The van der Waals surface area contributed by atoms with Crippen LogP contribution in [-0.4, -0.2) is 48.0 Å². The van der Waals surface area contributed by atoms with Gasteiger partial charge in [0.05, 0.1) is 5.41 Å². The summed E-state index contributed by atoms with van der Waals surface area (Å²) >= 11 is 0.843. The topological polar surface area (TPSA) is 112 Å². The SMILES string of the molecule is CCC[C@]1(C(=O)O)CCCN(S(=O)(=O)c2ccsc2C(=O)O)C1. The number of hydrogen-bond donors (Lipinski definition) is 2. The molecule has 2 heterocycles. The number of carboxylic acids is 2. The highest BCUT2D eigenvalue weighted by atomic mass is 32.2. The number of aliphatic carboxylic acids is 1. The first-order chi connectivity index (χ1) is 10.7. The Bertz CT molecular complexity index is 707. The van der Waals surface area contributed by atoms with Crippen molar-refractivity contribution in [3.8, 4) is 0 Å². The molecule has 1 aromatic rings. The minimum Gasteiger partial charge on any atom is -0.481 e. The standard InChI is InChI=1S/C14H19NO6S2/c1-2-5-14(13(18)19)6-3-7-15(9-14)23(20,21)10-4-8-22-11(10)12(16)17/h4,8H,2-3,5-7,9H2,1H3,(H,16,17)(H,18,19)/t14-/m0/s1. The average molecular weight is 361 g/mol. The van der Waals surface area contributed by atoms with Crippen LogP contribution < -0.4 is 0 Å². The monoisotopic (exact) mass is 361 g/mol. The number of carbonyl (C=O) groups is 2. The number of rotatable bonds is 6. The van der Waals surface area contributed by atoms with E-state index in [-0.39, 0.29) is 22.9 Å². The molecule has 0 amide bonds. The first-order valence-electron chi connectivity index (χ1n) is 7.29. The molecule has 7 nitrogen and oxygen atoms in total. The van der Waals surface area contributed by atoms with E-state index in [1.165, 1.54) is 11.4 Å². The van der Waals surface area contributed by atoms with Crippen LogP contribution >= 0.6 is 11.3 Å². The number of nitrogens with zero attached hydrogens (tertiary/aromatic N) is 1. The number of sulfonamides is 1. The smallest absolute Gasteiger partial charge is 0.347 e. The molecule has 0 aliphatic carbocycles. The minimum absolute atomic E-state index is 0.118. The summed E-state index contributed by atoms with van der Waals surface area (Å²) < 4.78 is 26.6. The van der Waals surface area contributed by atoms with Crippen LogP contribution in [0.25, 0.3) is 0 Å². The van der Waals surface area contributed by atoms with Crippen molar-refractivity contribution in [1.29, 1.82) is 0 Å². The van der Waals surface area contributed by atoms with Gasteiger partial charge < -0.3 is 10.2 Å².